The largest absolute Gasteiger partial charge is 0.481 e. The van der Waals surface area contributed by atoms with Gasteiger partial charge in [0.25, 0.3) is 0 Å². The van der Waals surface area contributed by atoms with Gasteiger partial charge < -0.3 is 34.7 Å². The van der Waals surface area contributed by atoms with E-state index < -0.39 is 55.2 Å². The number of nitrogens with one attached hydrogen (secondary N) is 2. The third-order valence-electron chi connectivity index (χ3n) is 7.56. The quantitative estimate of drug-likeness (QED) is 0.0350. The van der Waals surface area contributed by atoms with Gasteiger partial charge in [-0.05, 0) is 77.1 Å². The van der Waals surface area contributed by atoms with Gasteiger partial charge in [0.05, 0.1) is 19.6 Å². The molecule has 0 heterocycles. The lowest BCUT2D eigenvalue weighted by Gasteiger charge is -2.34. The second-order valence-electron chi connectivity index (χ2n) is 14.5. The molecule has 1 rings (SSSR count). The zero-order valence-electron chi connectivity index (χ0n) is 31.6. The van der Waals surface area contributed by atoms with Gasteiger partial charge in [-0.1, -0.05) is 69.6 Å². The molecule has 1 aromatic rings. The summed E-state index contributed by atoms with van der Waals surface area (Å²) in [5.41, 5.74) is -2.37. The highest BCUT2D eigenvalue weighted by atomic mass is 28.3. The third-order valence-corrected chi connectivity index (χ3v) is 9.27. The molecule has 0 unspecified atom stereocenters. The van der Waals surface area contributed by atoms with Crippen molar-refractivity contribution in [3.63, 3.8) is 0 Å². The van der Waals surface area contributed by atoms with Crippen LogP contribution < -0.4 is 15.4 Å². The van der Waals surface area contributed by atoms with E-state index in [0.717, 1.165) is 30.9 Å². The van der Waals surface area contributed by atoms with Crippen molar-refractivity contribution in [3.8, 4) is 17.6 Å². The van der Waals surface area contributed by atoms with Crippen LogP contribution in [0.25, 0.3) is 0 Å². The molecule has 3 N–H and O–H groups in total. The number of alkyl carbamates (subject to hydrolysis) is 1. The van der Waals surface area contributed by atoms with E-state index >= 15 is 0 Å². The summed E-state index contributed by atoms with van der Waals surface area (Å²) >= 11 is 0. The van der Waals surface area contributed by atoms with E-state index in [4.69, 9.17) is 18.9 Å². The molecule has 12 heteroatoms. The first-order valence-corrected chi connectivity index (χ1v) is 21.2. The summed E-state index contributed by atoms with van der Waals surface area (Å²) in [6.45, 7) is 16.4. The van der Waals surface area contributed by atoms with Gasteiger partial charge in [-0.2, -0.15) is 0 Å². The first-order chi connectivity index (χ1) is 23.5. The Bertz CT molecular complexity index is 1310. The number of rotatable bonds is 21. The van der Waals surface area contributed by atoms with Crippen molar-refractivity contribution in [2.75, 3.05) is 26.9 Å². The molecule has 3 atom stereocenters. The Morgan fingerprint density at radius 3 is 2.30 bits per heavy atom. The third kappa shape index (κ3) is 17.7. The molecule has 2 amide bonds. The highest BCUT2D eigenvalue weighted by Gasteiger charge is 2.49. The second-order valence-corrected chi connectivity index (χ2v) is 20.1. The van der Waals surface area contributed by atoms with Crippen LogP contribution in [-0.2, 0) is 35.0 Å². The van der Waals surface area contributed by atoms with E-state index in [9.17, 15) is 24.3 Å². The highest BCUT2D eigenvalue weighted by molar-refractivity contribution is 6.76. The van der Waals surface area contributed by atoms with Crippen molar-refractivity contribution in [2.24, 2.45) is 5.92 Å². The molecule has 0 spiro atoms. The molecule has 0 aliphatic heterocycles. The molecule has 11 nitrogen and oxygen atoms in total. The van der Waals surface area contributed by atoms with Crippen LogP contribution in [-0.4, -0.2) is 81.2 Å². The van der Waals surface area contributed by atoms with E-state index in [1.807, 2.05) is 0 Å². The molecular weight excluding hydrogens is 657 g/mol. The van der Waals surface area contributed by atoms with Crippen LogP contribution in [0.4, 0.5) is 4.79 Å². The summed E-state index contributed by atoms with van der Waals surface area (Å²) in [7, 11) is -0.0455. The lowest BCUT2D eigenvalue weighted by Crippen LogP contribution is -2.56. The number of hydrogen-bond acceptors (Lipinski definition) is 9. The molecule has 1 aromatic carbocycles. The molecule has 0 bridgehead atoms. The molecule has 50 heavy (non-hydrogen) atoms. The number of allylic oxidation sites excluding steroid dienone is 1. The number of esters is 2. The number of unbranched alkanes of at least 4 members (excludes halogenated alkanes) is 3. The van der Waals surface area contributed by atoms with Gasteiger partial charge >= 0.3 is 18.0 Å². The van der Waals surface area contributed by atoms with Crippen LogP contribution >= 0.6 is 0 Å². The molecule has 0 aliphatic rings. The number of benzene rings is 1. The highest BCUT2D eigenvalue weighted by Crippen LogP contribution is 2.30. The minimum absolute atomic E-state index is 0.0448. The summed E-state index contributed by atoms with van der Waals surface area (Å²) < 4.78 is 21.4. The van der Waals surface area contributed by atoms with E-state index in [1.54, 1.807) is 65.0 Å². The summed E-state index contributed by atoms with van der Waals surface area (Å²) in [6.07, 6.45) is 6.12. The lowest BCUT2D eigenvalue weighted by atomic mass is 9.81. The van der Waals surface area contributed by atoms with Gasteiger partial charge in [-0.3, -0.25) is 4.79 Å². The van der Waals surface area contributed by atoms with Gasteiger partial charge in [-0.25, -0.2) is 14.4 Å². The minimum atomic E-state index is -2.19. The van der Waals surface area contributed by atoms with Gasteiger partial charge in [0.1, 0.15) is 24.0 Å². The normalized spacial score (nSPS) is 14.0. The van der Waals surface area contributed by atoms with E-state index in [-0.39, 0.29) is 19.4 Å². The standard InChI is InChI=1S/C38H60N2O9Si/c1-10-12-25-47-30-21-19-29(20-22-30)28-32(34(42)46-6)40-33(41)31(38(45,23-11-2)35(43)49-37(3,4)5)18-16-14-13-15-17-24-39-36(44)48-26-27-50(7,8)9/h16,18-22,31-32,45H,11,13-15,17,23-28H2,1-9H3,(H,39,44)(H,40,41)/b18-16+/t31-,32+,38+/m1/s1. The van der Waals surface area contributed by atoms with Crippen LogP contribution in [0.1, 0.15) is 78.7 Å². The van der Waals surface area contributed by atoms with E-state index in [0.29, 0.717) is 31.7 Å². The molecule has 0 aliphatic carbocycles. The van der Waals surface area contributed by atoms with Crippen LogP contribution in [0, 0.1) is 17.8 Å². The molecule has 0 radical (unpaired) electrons. The van der Waals surface area contributed by atoms with Crippen molar-refractivity contribution in [2.45, 2.75) is 122 Å². The molecule has 0 saturated carbocycles. The maximum Gasteiger partial charge on any atom is 0.407 e. The summed E-state index contributed by atoms with van der Waals surface area (Å²) in [6, 6.07) is 6.85. The fourth-order valence-corrected chi connectivity index (χ4v) is 5.54. The van der Waals surface area contributed by atoms with Crippen LogP contribution in [0.15, 0.2) is 36.4 Å². The maximum absolute atomic E-state index is 13.9. The Morgan fingerprint density at radius 1 is 1.04 bits per heavy atom. The van der Waals surface area contributed by atoms with Gasteiger partial charge in [0, 0.05) is 21.0 Å². The molecule has 280 valence electrons. The number of carbonyl (C=O) groups is 4. The van der Waals surface area contributed by atoms with Gasteiger partial charge in [-0.15, -0.1) is 5.92 Å². The number of hydrogen-bond donors (Lipinski definition) is 3. The number of aliphatic hydroxyl groups is 1. The summed E-state index contributed by atoms with van der Waals surface area (Å²) in [5.74, 6) is 2.53. The minimum Gasteiger partial charge on any atom is -0.481 e. The Kier molecular flexibility index (Phi) is 19.5. The Balaban J connectivity index is 3.06. The predicted octanol–water partition coefficient (Wildman–Crippen LogP) is 5.96. The monoisotopic (exact) mass is 716 g/mol. The van der Waals surface area contributed by atoms with Crippen molar-refractivity contribution < 1.29 is 43.2 Å². The number of carbonyl (C=O) groups excluding carboxylic acids is 4. The molecule has 0 saturated heterocycles. The fraction of sp³-hybridized carbons (Fsp3) is 0.632. The van der Waals surface area contributed by atoms with Crippen molar-refractivity contribution in [1.29, 1.82) is 0 Å². The maximum atomic E-state index is 13.9. The Morgan fingerprint density at radius 2 is 1.72 bits per heavy atom. The van der Waals surface area contributed by atoms with Crippen molar-refractivity contribution >= 4 is 32.0 Å². The first-order valence-electron chi connectivity index (χ1n) is 17.5. The zero-order valence-corrected chi connectivity index (χ0v) is 32.6. The van der Waals surface area contributed by atoms with Gasteiger partial charge in [0.2, 0.25) is 5.91 Å². The molecular formula is C38H60N2O9Si. The van der Waals surface area contributed by atoms with Crippen LogP contribution in [0.2, 0.25) is 25.7 Å². The van der Waals surface area contributed by atoms with Crippen LogP contribution in [0.3, 0.4) is 0 Å². The molecule has 0 aromatic heterocycles. The van der Waals surface area contributed by atoms with Crippen molar-refractivity contribution in [1.82, 2.24) is 10.6 Å². The second kappa shape index (κ2) is 22.1. The van der Waals surface area contributed by atoms with E-state index in [2.05, 4.69) is 42.1 Å². The lowest BCUT2D eigenvalue weighted by molar-refractivity contribution is -0.184. The number of amides is 2. The van der Waals surface area contributed by atoms with Crippen molar-refractivity contribution in [3.05, 3.63) is 42.0 Å². The van der Waals surface area contributed by atoms with Gasteiger partial charge in [0.15, 0.2) is 5.60 Å². The SMILES string of the molecule is CC#CCOc1ccc(C[C@H](NC(=O)[C@@H](/C=C/CCCCCNC(=O)OCC[Si](C)(C)C)[C@@](O)(CCC)C(=O)OC(C)(C)C)C(=O)OC)cc1. The number of ether oxygens (including phenoxy) is 4. The van der Waals surface area contributed by atoms with Crippen LogP contribution in [0.5, 0.6) is 5.75 Å². The summed E-state index contributed by atoms with van der Waals surface area (Å²) in [4.78, 5) is 52.2. The average Bonchev–Trinajstić information content (AvgIpc) is 3.02. The van der Waals surface area contributed by atoms with E-state index in [1.165, 1.54) is 13.2 Å². The topological polar surface area (TPSA) is 149 Å². The fourth-order valence-electron chi connectivity index (χ4n) is 4.83. The average molecular weight is 717 g/mol. The zero-order chi connectivity index (χ0) is 37.8. The Labute approximate surface area is 300 Å². The first kappa shape index (κ1) is 44.2. The Hall–Kier alpha value is -3.82. The predicted molar refractivity (Wildman–Crippen MR) is 197 cm³/mol. The smallest absolute Gasteiger partial charge is 0.407 e. The number of methoxy groups -OCH3 is 1. The molecule has 0 fully saturated rings. The summed E-state index contributed by atoms with van der Waals surface area (Å²) in [5, 5.41) is 17.3.